The third-order valence-corrected chi connectivity index (χ3v) is 0. The third kappa shape index (κ3) is 11.7. The van der Waals surface area contributed by atoms with Crippen LogP contribution in [0, 0.1) is 0 Å². The summed E-state index contributed by atoms with van der Waals surface area (Å²) in [5, 5.41) is 0. The van der Waals surface area contributed by atoms with E-state index in [2.05, 4.69) is 0 Å². The highest BCUT2D eigenvalue weighted by molar-refractivity contribution is 6.92. The van der Waals surface area contributed by atoms with Gasteiger partial charge in [0.1, 0.15) is 0 Å². The fourth-order valence-corrected chi connectivity index (χ4v) is 0. The maximum atomic E-state index is 0. The van der Waals surface area contributed by atoms with Crippen LogP contribution in [-0.2, 0) is 0 Å². The highest BCUT2D eigenvalue weighted by atomic mass is 31.0. The standard InChI is InChI=1S/H3N.2H3P.Si/h3*1H3;. The van der Waals surface area contributed by atoms with Gasteiger partial charge in [-0.2, -0.15) is 19.8 Å². The lowest BCUT2D eigenvalue weighted by Gasteiger charge is -0.344. The highest BCUT2D eigenvalue weighted by Crippen LogP contribution is 0.862. The second-order valence-corrected chi connectivity index (χ2v) is 0. The van der Waals surface area contributed by atoms with Crippen LogP contribution in [0.1, 0.15) is 0 Å². The molecule has 1 nitrogen and oxygen atoms in total. The summed E-state index contributed by atoms with van der Waals surface area (Å²) >= 11 is 0. The fraction of sp³-hybridized carbons (Fsp3) is 0. The summed E-state index contributed by atoms with van der Waals surface area (Å²) in [4.78, 5) is 0. The number of hydrogen-bond acceptors (Lipinski definition) is 1. The lowest BCUT2D eigenvalue weighted by molar-refractivity contribution is 2.13. The van der Waals surface area contributed by atoms with Gasteiger partial charge in [0.15, 0.2) is 0 Å². The van der Waals surface area contributed by atoms with E-state index in [4.69, 9.17) is 0 Å². The van der Waals surface area contributed by atoms with E-state index in [0.29, 0.717) is 0 Å². The molecule has 3 N–H and O–H groups in total. The largest absolute Gasteiger partial charge is 0.344 e. The molecule has 2 atom stereocenters. The highest BCUT2D eigenvalue weighted by Gasteiger charge is 0.0000161. The Labute approximate surface area is 37.8 Å². The normalized spacial score (nSPS) is 0. The van der Waals surface area contributed by atoms with E-state index in [1.807, 2.05) is 0 Å². The van der Waals surface area contributed by atoms with Crippen molar-refractivity contribution in [1.82, 2.24) is 6.15 Å². The Morgan fingerprint density at radius 2 is 0.750 bits per heavy atom. The molecule has 0 aliphatic carbocycles. The van der Waals surface area contributed by atoms with Crippen molar-refractivity contribution in [3.05, 3.63) is 0 Å². The number of rotatable bonds is 0. The maximum Gasteiger partial charge on any atom is 0 e. The second-order valence-electron chi connectivity index (χ2n) is 0. The molecule has 4 heteroatoms. The summed E-state index contributed by atoms with van der Waals surface area (Å²) in [6.07, 6.45) is 0. The van der Waals surface area contributed by atoms with Crippen molar-refractivity contribution in [3.63, 3.8) is 0 Å². The molecule has 0 aromatic rings. The molecule has 0 aromatic carbocycles. The molecule has 2 unspecified atom stereocenters. The summed E-state index contributed by atoms with van der Waals surface area (Å²) in [7, 11) is 0. The van der Waals surface area contributed by atoms with E-state index in [0.717, 1.165) is 0 Å². The van der Waals surface area contributed by atoms with Gasteiger partial charge in [-0.25, -0.2) is 0 Å². The van der Waals surface area contributed by atoms with Crippen molar-refractivity contribution in [3.8, 4) is 0 Å². The van der Waals surface area contributed by atoms with Gasteiger partial charge in [-0.1, -0.05) is 0 Å². The molecular formula is H9NP2Si. The van der Waals surface area contributed by atoms with Crippen LogP contribution in [0.2, 0.25) is 0 Å². The monoisotopic (exact) mass is 113 g/mol. The molecule has 28 valence electrons. The first kappa shape index (κ1) is 76.3. The van der Waals surface area contributed by atoms with Crippen molar-refractivity contribution in [2.24, 2.45) is 0 Å². The van der Waals surface area contributed by atoms with Gasteiger partial charge in [-0.05, 0) is 0 Å². The minimum Gasteiger partial charge on any atom is -0.344 e. The van der Waals surface area contributed by atoms with Crippen LogP contribution in [0.5, 0.6) is 0 Å². The first-order valence-corrected chi connectivity index (χ1v) is 0. The summed E-state index contributed by atoms with van der Waals surface area (Å²) in [6.45, 7) is 0. The molecule has 0 fully saturated rings. The van der Waals surface area contributed by atoms with Gasteiger partial charge >= 0.3 is 0 Å². The predicted molar refractivity (Wildman–Crippen MR) is 33.0 cm³/mol. The Kier molecular flexibility index (Phi) is 661. The molecule has 0 bridgehead atoms. The Morgan fingerprint density at radius 3 is 0.750 bits per heavy atom. The molecule has 0 saturated carbocycles. The minimum atomic E-state index is 0. The van der Waals surface area contributed by atoms with Crippen molar-refractivity contribution in [2.45, 2.75) is 0 Å². The van der Waals surface area contributed by atoms with Crippen LogP contribution in [-0.4, -0.2) is 11.0 Å². The van der Waals surface area contributed by atoms with Crippen LogP contribution in [0.15, 0.2) is 0 Å². The van der Waals surface area contributed by atoms with Crippen molar-refractivity contribution in [1.29, 1.82) is 0 Å². The molecule has 0 heterocycles. The van der Waals surface area contributed by atoms with Gasteiger partial charge in [-0.3, -0.25) is 0 Å². The molecule has 0 amide bonds. The Bertz CT molecular complexity index is 6.00. The first-order valence-electron chi connectivity index (χ1n) is 0. The van der Waals surface area contributed by atoms with E-state index in [1.54, 1.807) is 0 Å². The molecule has 0 aromatic heterocycles. The Hall–Kier alpha value is 1.04. The Morgan fingerprint density at radius 1 is 0.750 bits per heavy atom. The van der Waals surface area contributed by atoms with Crippen molar-refractivity contribution in [2.75, 3.05) is 0 Å². The lowest BCUT2D eigenvalue weighted by Crippen LogP contribution is -0.481. The van der Waals surface area contributed by atoms with Gasteiger partial charge in [0.05, 0.1) is 0 Å². The van der Waals surface area contributed by atoms with Crippen molar-refractivity contribution >= 4 is 30.8 Å². The summed E-state index contributed by atoms with van der Waals surface area (Å²) in [5.74, 6) is 0. The van der Waals surface area contributed by atoms with Crippen LogP contribution >= 0.6 is 19.8 Å². The number of hydrogen-bond donors (Lipinski definition) is 1. The summed E-state index contributed by atoms with van der Waals surface area (Å²) < 4.78 is 0. The predicted octanol–water partition coefficient (Wildman–Crippen LogP) is -0.103. The topological polar surface area (TPSA) is 35.0 Å². The van der Waals surface area contributed by atoms with Crippen LogP contribution < -0.4 is 6.15 Å². The van der Waals surface area contributed by atoms with E-state index in [-0.39, 0.29) is 36.9 Å². The maximum absolute atomic E-state index is 0. The smallest absolute Gasteiger partial charge is 0 e. The molecule has 0 saturated heterocycles. The molecule has 4 radical (unpaired) electrons. The van der Waals surface area contributed by atoms with Crippen LogP contribution in [0.3, 0.4) is 0 Å². The van der Waals surface area contributed by atoms with Gasteiger partial charge in [-0.15, -0.1) is 0 Å². The summed E-state index contributed by atoms with van der Waals surface area (Å²) in [6, 6.07) is 0. The van der Waals surface area contributed by atoms with E-state index in [9.17, 15) is 0 Å². The average Bonchev–Trinajstić information content (AvgIpc) is 0. The van der Waals surface area contributed by atoms with Gasteiger partial charge in [0.25, 0.3) is 0 Å². The van der Waals surface area contributed by atoms with Gasteiger partial charge in [0.2, 0.25) is 0 Å². The zero-order chi connectivity index (χ0) is 0. The quantitative estimate of drug-likeness (QED) is 0.345. The van der Waals surface area contributed by atoms with Crippen LogP contribution in [0.4, 0.5) is 0 Å². The zero-order valence-corrected chi connectivity index (χ0v) is 6.45. The molecular weight excluding hydrogens is 104 g/mol. The summed E-state index contributed by atoms with van der Waals surface area (Å²) in [5.41, 5.74) is 0. The molecule has 0 aliphatic rings. The van der Waals surface area contributed by atoms with E-state index < -0.39 is 0 Å². The lowest BCUT2D eigenvalue weighted by atomic mass is 14.0. The molecule has 0 aliphatic heterocycles. The van der Waals surface area contributed by atoms with E-state index in [1.165, 1.54) is 0 Å². The fourth-order valence-electron chi connectivity index (χ4n) is 0. The Balaban J connectivity index is 0. The molecule has 0 spiro atoms. The van der Waals surface area contributed by atoms with Gasteiger partial charge in [0, 0.05) is 11.0 Å². The average molecular weight is 113 g/mol. The second kappa shape index (κ2) is 34.6. The molecule has 0 rings (SSSR count). The van der Waals surface area contributed by atoms with E-state index >= 15 is 0 Å². The van der Waals surface area contributed by atoms with Gasteiger partial charge < -0.3 is 6.15 Å². The zero-order valence-electron chi connectivity index (χ0n) is 2.62. The molecule has 4 heavy (non-hydrogen) atoms. The first-order chi connectivity index (χ1) is 0. The SMILES string of the molecule is N.P.P.[Si]. The minimum absolute atomic E-state index is 0. The van der Waals surface area contributed by atoms with Crippen LogP contribution in [0.25, 0.3) is 0 Å². The van der Waals surface area contributed by atoms with Crippen molar-refractivity contribution < 1.29 is 0 Å². The third-order valence-electron chi connectivity index (χ3n) is 0.